The van der Waals surface area contributed by atoms with E-state index in [0.717, 1.165) is 48.3 Å². The van der Waals surface area contributed by atoms with E-state index in [2.05, 4.69) is 22.3 Å². The molecular formula is C28H33N3O6S. The third-order valence-electron chi connectivity index (χ3n) is 6.28. The predicted molar refractivity (Wildman–Crippen MR) is 145 cm³/mol. The number of benzene rings is 3. The van der Waals surface area contributed by atoms with Crippen molar-refractivity contribution in [2.24, 2.45) is 0 Å². The molecule has 38 heavy (non-hydrogen) atoms. The summed E-state index contributed by atoms with van der Waals surface area (Å²) in [5.41, 5.74) is 2.36. The molecule has 0 unspecified atom stereocenters. The summed E-state index contributed by atoms with van der Waals surface area (Å²) in [7, 11) is -1.13. The number of sulfonamides is 1. The number of para-hydroxylation sites is 2. The highest BCUT2D eigenvalue weighted by molar-refractivity contribution is 7.92. The van der Waals surface area contributed by atoms with Crippen molar-refractivity contribution in [1.29, 1.82) is 0 Å². The van der Waals surface area contributed by atoms with Crippen LogP contribution < -0.4 is 19.1 Å². The molecule has 0 atom stereocenters. The third-order valence-corrected chi connectivity index (χ3v) is 8.05. The lowest BCUT2D eigenvalue weighted by Gasteiger charge is -2.26. The highest BCUT2D eigenvalue weighted by Gasteiger charge is 2.29. The van der Waals surface area contributed by atoms with Gasteiger partial charge in [-0.15, -0.1) is 0 Å². The fraction of sp³-hybridized carbons (Fsp3) is 0.321. The Hall–Kier alpha value is -3.60. The molecule has 0 saturated carbocycles. The van der Waals surface area contributed by atoms with Crippen molar-refractivity contribution in [3.05, 3.63) is 83.9 Å². The second-order valence-corrected chi connectivity index (χ2v) is 10.7. The van der Waals surface area contributed by atoms with Gasteiger partial charge in [0, 0.05) is 26.2 Å². The van der Waals surface area contributed by atoms with Gasteiger partial charge in [0.15, 0.2) is 0 Å². The molecule has 0 aromatic heterocycles. The van der Waals surface area contributed by atoms with Crippen LogP contribution in [0.2, 0.25) is 0 Å². The molecule has 1 N–H and O–H groups in total. The summed E-state index contributed by atoms with van der Waals surface area (Å²) in [5.74, 6) is 0.432. The molecule has 0 spiro atoms. The van der Waals surface area contributed by atoms with Crippen molar-refractivity contribution in [2.45, 2.75) is 18.0 Å². The van der Waals surface area contributed by atoms with E-state index in [4.69, 9.17) is 14.2 Å². The molecule has 1 aliphatic rings. The van der Waals surface area contributed by atoms with Crippen LogP contribution in [-0.2, 0) is 32.6 Å². The molecule has 3 aromatic rings. The molecule has 3 aromatic carbocycles. The van der Waals surface area contributed by atoms with E-state index in [1.54, 1.807) is 36.4 Å². The fourth-order valence-corrected chi connectivity index (χ4v) is 5.68. The van der Waals surface area contributed by atoms with Crippen molar-refractivity contribution in [3.8, 4) is 11.5 Å². The van der Waals surface area contributed by atoms with Gasteiger partial charge in [0.1, 0.15) is 18.0 Å². The number of anilines is 1. The minimum atomic E-state index is -4.09. The molecule has 1 aliphatic heterocycles. The highest BCUT2D eigenvalue weighted by atomic mass is 32.2. The Morgan fingerprint density at radius 3 is 2.37 bits per heavy atom. The molecule has 1 fully saturated rings. The van der Waals surface area contributed by atoms with Gasteiger partial charge in [0.05, 0.1) is 38.0 Å². The molecule has 4 rings (SSSR count). The quantitative estimate of drug-likeness (QED) is 0.400. The Balaban J connectivity index is 1.50. The Kier molecular flexibility index (Phi) is 9.22. The number of carbonyl (C=O) groups is 1. The van der Waals surface area contributed by atoms with E-state index in [1.165, 1.54) is 26.4 Å². The average molecular weight is 540 g/mol. The molecule has 0 bridgehead atoms. The predicted octanol–water partition coefficient (Wildman–Crippen LogP) is 3.05. The van der Waals surface area contributed by atoms with E-state index in [1.807, 2.05) is 12.1 Å². The van der Waals surface area contributed by atoms with Gasteiger partial charge in [0.25, 0.3) is 10.0 Å². The molecule has 0 aliphatic carbocycles. The third kappa shape index (κ3) is 6.83. The number of carbonyl (C=O) groups excluding carboxylic acids is 1. The fourth-order valence-electron chi connectivity index (χ4n) is 4.25. The van der Waals surface area contributed by atoms with Gasteiger partial charge in [0.2, 0.25) is 5.91 Å². The lowest BCUT2D eigenvalue weighted by Crippen LogP contribution is -2.40. The van der Waals surface area contributed by atoms with E-state index < -0.39 is 22.5 Å². The lowest BCUT2D eigenvalue weighted by atomic mass is 10.1. The monoisotopic (exact) mass is 539 g/mol. The highest BCUT2D eigenvalue weighted by Crippen LogP contribution is 2.32. The van der Waals surface area contributed by atoms with Crippen LogP contribution in [-0.4, -0.2) is 66.3 Å². The Morgan fingerprint density at radius 2 is 1.66 bits per heavy atom. The number of morpholine rings is 1. The van der Waals surface area contributed by atoms with Crippen LogP contribution in [0, 0.1) is 0 Å². The van der Waals surface area contributed by atoms with Gasteiger partial charge in [-0.25, -0.2) is 8.42 Å². The first kappa shape index (κ1) is 27.4. The Morgan fingerprint density at radius 1 is 0.947 bits per heavy atom. The maximum atomic E-state index is 13.7. The second-order valence-electron chi connectivity index (χ2n) is 8.84. The summed E-state index contributed by atoms with van der Waals surface area (Å²) in [6.45, 7) is 3.92. The van der Waals surface area contributed by atoms with Crippen molar-refractivity contribution in [1.82, 2.24) is 10.2 Å². The second kappa shape index (κ2) is 12.8. The first-order chi connectivity index (χ1) is 18.4. The molecule has 1 saturated heterocycles. The van der Waals surface area contributed by atoms with Gasteiger partial charge in [-0.2, -0.15) is 0 Å². The number of hydrogen-bond acceptors (Lipinski definition) is 7. The molecular weight excluding hydrogens is 506 g/mol. The van der Waals surface area contributed by atoms with Gasteiger partial charge in [-0.05, 0) is 47.5 Å². The van der Waals surface area contributed by atoms with Crippen LogP contribution in [0.5, 0.6) is 11.5 Å². The van der Waals surface area contributed by atoms with Gasteiger partial charge in [-0.1, -0.05) is 36.4 Å². The smallest absolute Gasteiger partial charge is 0.264 e. The van der Waals surface area contributed by atoms with Crippen LogP contribution in [0.1, 0.15) is 11.1 Å². The van der Waals surface area contributed by atoms with Crippen molar-refractivity contribution >= 4 is 21.6 Å². The topological polar surface area (TPSA) is 97.4 Å². The Bertz CT molecular complexity index is 1320. The van der Waals surface area contributed by atoms with Crippen molar-refractivity contribution in [2.75, 3.05) is 51.4 Å². The van der Waals surface area contributed by atoms with Crippen LogP contribution >= 0.6 is 0 Å². The molecule has 9 nitrogen and oxygen atoms in total. The zero-order valence-corrected chi connectivity index (χ0v) is 22.4. The van der Waals surface area contributed by atoms with Crippen LogP contribution in [0.4, 0.5) is 5.69 Å². The zero-order valence-electron chi connectivity index (χ0n) is 21.6. The maximum Gasteiger partial charge on any atom is 0.264 e. The van der Waals surface area contributed by atoms with Crippen LogP contribution in [0.3, 0.4) is 0 Å². The van der Waals surface area contributed by atoms with Gasteiger partial charge >= 0.3 is 0 Å². The van der Waals surface area contributed by atoms with E-state index in [9.17, 15) is 13.2 Å². The molecule has 1 heterocycles. The normalized spacial score (nSPS) is 14.1. The summed E-state index contributed by atoms with van der Waals surface area (Å²) in [6, 6.07) is 20.8. The minimum absolute atomic E-state index is 0.0350. The number of rotatable bonds is 11. The number of hydrogen-bond donors (Lipinski definition) is 1. The van der Waals surface area contributed by atoms with Gasteiger partial charge < -0.3 is 19.5 Å². The standard InChI is InChI=1S/C28H33N3O6S/c1-35-24-10-12-25(13-11-24)38(33,34)31(26-8-3-4-9-27(26)36-2)21-28(32)29-19-22-6-5-7-23(18-22)20-30-14-16-37-17-15-30/h3-13,18H,14-17,19-21H2,1-2H3,(H,29,32). The minimum Gasteiger partial charge on any atom is -0.497 e. The summed E-state index contributed by atoms with van der Waals surface area (Å²) < 4.78 is 44.4. The molecule has 1 amide bonds. The van der Waals surface area contributed by atoms with E-state index in [-0.39, 0.29) is 17.1 Å². The van der Waals surface area contributed by atoms with Crippen LogP contribution in [0.15, 0.2) is 77.7 Å². The number of nitrogens with zero attached hydrogens (tertiary/aromatic N) is 2. The van der Waals surface area contributed by atoms with Gasteiger partial charge in [-0.3, -0.25) is 14.0 Å². The SMILES string of the molecule is COc1ccc(S(=O)(=O)N(CC(=O)NCc2cccc(CN3CCOCC3)c2)c2ccccc2OC)cc1. The van der Waals surface area contributed by atoms with E-state index in [0.29, 0.717) is 11.5 Å². The summed E-state index contributed by atoms with van der Waals surface area (Å²) in [6.07, 6.45) is 0. The largest absolute Gasteiger partial charge is 0.497 e. The summed E-state index contributed by atoms with van der Waals surface area (Å²) in [4.78, 5) is 15.4. The average Bonchev–Trinajstić information content (AvgIpc) is 2.95. The van der Waals surface area contributed by atoms with Crippen LogP contribution in [0.25, 0.3) is 0 Å². The van der Waals surface area contributed by atoms with E-state index >= 15 is 0 Å². The van der Waals surface area contributed by atoms with Crippen molar-refractivity contribution < 1.29 is 27.4 Å². The summed E-state index contributed by atoms with van der Waals surface area (Å²) >= 11 is 0. The number of methoxy groups -OCH3 is 2. The Labute approximate surface area is 224 Å². The van der Waals surface area contributed by atoms with Crippen molar-refractivity contribution in [3.63, 3.8) is 0 Å². The zero-order chi connectivity index (χ0) is 27.0. The lowest BCUT2D eigenvalue weighted by molar-refractivity contribution is -0.119. The first-order valence-corrected chi connectivity index (χ1v) is 13.8. The first-order valence-electron chi connectivity index (χ1n) is 12.3. The number of amides is 1. The molecule has 10 heteroatoms. The number of nitrogens with one attached hydrogen (secondary N) is 1. The molecule has 202 valence electrons. The number of ether oxygens (including phenoxy) is 3. The maximum absolute atomic E-state index is 13.7. The molecule has 0 radical (unpaired) electrons. The summed E-state index contributed by atoms with van der Waals surface area (Å²) in [5, 5.41) is 2.87.